The third-order valence-corrected chi connectivity index (χ3v) is 3.04. The number of aliphatic hydroxyl groups is 2. The van der Waals surface area contributed by atoms with E-state index in [1.165, 1.54) is 0 Å². The second-order valence-electron chi connectivity index (χ2n) is 4.17. The molecule has 2 aromatic rings. The number of ether oxygens (including phenoxy) is 1. The maximum absolute atomic E-state index is 9.16. The van der Waals surface area contributed by atoms with Gasteiger partial charge in [0.05, 0.1) is 7.11 Å². The predicted octanol–water partition coefficient (Wildman–Crippen LogP) is 2.26. The van der Waals surface area contributed by atoms with Crippen LogP contribution in [0.3, 0.4) is 0 Å². The number of methoxy groups -OCH3 is 1. The maximum Gasteiger partial charge on any atom is 0.158 e. The third-order valence-electron chi connectivity index (χ3n) is 3.04. The van der Waals surface area contributed by atoms with E-state index in [4.69, 9.17) is 14.9 Å². The second-order valence-corrected chi connectivity index (χ2v) is 4.17. The lowest BCUT2D eigenvalue weighted by molar-refractivity contribution is -0.0560. The number of rotatable bonds is 3. The maximum atomic E-state index is 9.16. The molecule has 0 bridgehead atoms. The van der Waals surface area contributed by atoms with Crippen LogP contribution in [0.4, 0.5) is 0 Å². The fraction of sp³-hybridized carbons (Fsp3) is 0.286. The van der Waals surface area contributed by atoms with E-state index in [0.29, 0.717) is 0 Å². The van der Waals surface area contributed by atoms with E-state index in [1.54, 1.807) is 14.0 Å². The average molecular weight is 232 g/mol. The van der Waals surface area contributed by atoms with Gasteiger partial charge in [-0.25, -0.2) is 0 Å². The monoisotopic (exact) mass is 232 g/mol. The molecule has 0 radical (unpaired) electrons. The first kappa shape index (κ1) is 11.9. The van der Waals surface area contributed by atoms with Crippen LogP contribution in [-0.2, 0) is 0 Å². The summed E-state index contributed by atoms with van der Waals surface area (Å²) in [5.41, 5.74) is 0.915. The Morgan fingerprint density at radius 1 is 1.00 bits per heavy atom. The Kier molecular flexibility index (Phi) is 3.31. The van der Waals surface area contributed by atoms with Crippen molar-refractivity contribution in [1.82, 2.24) is 0 Å². The highest BCUT2D eigenvalue weighted by molar-refractivity contribution is 5.84. The molecule has 0 aliphatic carbocycles. The molecule has 0 heterocycles. The summed E-state index contributed by atoms with van der Waals surface area (Å²) in [6.45, 7) is 1.79. The molecular weight excluding hydrogens is 216 g/mol. The van der Waals surface area contributed by atoms with Crippen LogP contribution in [-0.4, -0.2) is 23.6 Å². The van der Waals surface area contributed by atoms with Crippen LogP contribution in [0.1, 0.15) is 18.4 Å². The molecule has 3 heteroatoms. The lowest BCUT2D eigenvalue weighted by Gasteiger charge is -2.14. The van der Waals surface area contributed by atoms with Crippen molar-refractivity contribution in [3.63, 3.8) is 0 Å². The molecule has 17 heavy (non-hydrogen) atoms. The Hall–Kier alpha value is -1.58. The highest BCUT2D eigenvalue weighted by Gasteiger charge is 2.13. The van der Waals surface area contributed by atoms with Gasteiger partial charge >= 0.3 is 0 Å². The number of aliphatic hydroxyl groups excluding tert-OH is 1. The summed E-state index contributed by atoms with van der Waals surface area (Å²) < 4.78 is 5.16. The topological polar surface area (TPSA) is 49.7 Å². The SMILES string of the molecule is COc1ccc2cc(C(C)C(O)O)ccc2c1. The number of fused-ring (bicyclic) bond motifs is 1. The summed E-state index contributed by atoms with van der Waals surface area (Å²) in [6, 6.07) is 11.7. The van der Waals surface area contributed by atoms with Gasteiger partial charge in [0.1, 0.15) is 5.75 Å². The van der Waals surface area contributed by atoms with Gasteiger partial charge in [-0.15, -0.1) is 0 Å². The highest BCUT2D eigenvalue weighted by atomic mass is 16.5. The molecular formula is C14H16O3. The Morgan fingerprint density at radius 3 is 2.29 bits per heavy atom. The minimum Gasteiger partial charge on any atom is -0.497 e. The van der Waals surface area contributed by atoms with Gasteiger partial charge in [-0.2, -0.15) is 0 Å². The van der Waals surface area contributed by atoms with Crippen LogP contribution in [0.5, 0.6) is 5.75 Å². The smallest absolute Gasteiger partial charge is 0.158 e. The third kappa shape index (κ3) is 2.40. The van der Waals surface area contributed by atoms with Crippen molar-refractivity contribution in [2.45, 2.75) is 19.1 Å². The molecule has 1 atom stereocenters. The Bertz CT molecular complexity index is 520. The Balaban J connectivity index is 2.44. The van der Waals surface area contributed by atoms with Crippen molar-refractivity contribution < 1.29 is 14.9 Å². The zero-order valence-corrected chi connectivity index (χ0v) is 9.92. The zero-order valence-electron chi connectivity index (χ0n) is 9.92. The lowest BCUT2D eigenvalue weighted by Crippen LogP contribution is -2.14. The second kappa shape index (κ2) is 4.73. The average Bonchev–Trinajstić information content (AvgIpc) is 2.36. The fourth-order valence-electron chi connectivity index (χ4n) is 1.82. The van der Waals surface area contributed by atoms with Crippen molar-refractivity contribution in [3.8, 4) is 5.75 Å². The van der Waals surface area contributed by atoms with Gasteiger partial charge in [0.2, 0.25) is 0 Å². The van der Waals surface area contributed by atoms with Gasteiger partial charge in [-0.05, 0) is 28.5 Å². The van der Waals surface area contributed by atoms with E-state index >= 15 is 0 Å². The van der Waals surface area contributed by atoms with Gasteiger partial charge in [0, 0.05) is 5.92 Å². The molecule has 0 saturated carbocycles. The predicted molar refractivity (Wildman–Crippen MR) is 67.1 cm³/mol. The van der Waals surface area contributed by atoms with Gasteiger partial charge in [-0.1, -0.05) is 31.2 Å². The first-order valence-electron chi connectivity index (χ1n) is 5.55. The normalized spacial score (nSPS) is 13.0. The lowest BCUT2D eigenvalue weighted by atomic mass is 9.97. The summed E-state index contributed by atoms with van der Waals surface area (Å²) in [5, 5.41) is 20.5. The Labute approximate surface area is 100 Å². The van der Waals surface area contributed by atoms with Crippen LogP contribution in [0.2, 0.25) is 0 Å². The molecule has 2 aromatic carbocycles. The number of benzene rings is 2. The molecule has 0 aliphatic rings. The van der Waals surface area contributed by atoms with Crippen molar-refractivity contribution >= 4 is 10.8 Å². The van der Waals surface area contributed by atoms with E-state index in [2.05, 4.69) is 0 Å². The molecule has 0 saturated heterocycles. The van der Waals surface area contributed by atoms with Gasteiger partial charge in [0.25, 0.3) is 0 Å². The van der Waals surface area contributed by atoms with E-state index in [9.17, 15) is 0 Å². The van der Waals surface area contributed by atoms with Crippen LogP contribution in [0, 0.1) is 0 Å². The largest absolute Gasteiger partial charge is 0.497 e. The highest BCUT2D eigenvalue weighted by Crippen LogP contribution is 2.26. The number of hydrogen-bond donors (Lipinski definition) is 2. The van der Waals surface area contributed by atoms with Gasteiger partial charge in [0.15, 0.2) is 6.29 Å². The molecule has 0 amide bonds. The van der Waals surface area contributed by atoms with Crippen LogP contribution >= 0.6 is 0 Å². The standard InChI is InChI=1S/C14H16O3/c1-9(14(15)16)10-3-4-12-8-13(17-2)6-5-11(12)7-10/h3-9,14-16H,1-2H3. The quantitative estimate of drug-likeness (QED) is 0.798. The molecule has 0 aromatic heterocycles. The molecule has 0 fully saturated rings. The van der Waals surface area contributed by atoms with E-state index in [-0.39, 0.29) is 5.92 Å². The van der Waals surface area contributed by atoms with Crippen LogP contribution in [0.25, 0.3) is 10.8 Å². The fourth-order valence-corrected chi connectivity index (χ4v) is 1.82. The summed E-state index contributed by atoms with van der Waals surface area (Å²) >= 11 is 0. The van der Waals surface area contributed by atoms with Crippen molar-refractivity contribution in [3.05, 3.63) is 42.0 Å². The van der Waals surface area contributed by atoms with Crippen molar-refractivity contribution in [2.24, 2.45) is 0 Å². The summed E-state index contributed by atoms with van der Waals surface area (Å²) in [5.74, 6) is 0.530. The van der Waals surface area contributed by atoms with E-state index < -0.39 is 6.29 Å². The number of hydrogen-bond acceptors (Lipinski definition) is 3. The van der Waals surface area contributed by atoms with Gasteiger partial charge in [-0.3, -0.25) is 0 Å². The molecule has 90 valence electrons. The molecule has 3 nitrogen and oxygen atoms in total. The minimum absolute atomic E-state index is 0.290. The molecule has 1 unspecified atom stereocenters. The first-order chi connectivity index (χ1) is 8.11. The van der Waals surface area contributed by atoms with Gasteiger partial charge < -0.3 is 14.9 Å². The first-order valence-corrected chi connectivity index (χ1v) is 5.55. The zero-order chi connectivity index (χ0) is 12.4. The van der Waals surface area contributed by atoms with E-state index in [1.807, 2.05) is 36.4 Å². The van der Waals surface area contributed by atoms with Crippen LogP contribution < -0.4 is 4.74 Å². The van der Waals surface area contributed by atoms with Crippen molar-refractivity contribution in [1.29, 1.82) is 0 Å². The molecule has 0 aliphatic heterocycles. The Morgan fingerprint density at radius 2 is 1.65 bits per heavy atom. The summed E-state index contributed by atoms with van der Waals surface area (Å²) in [7, 11) is 1.64. The summed E-state index contributed by atoms with van der Waals surface area (Å²) in [6.07, 6.45) is -1.33. The summed E-state index contributed by atoms with van der Waals surface area (Å²) in [4.78, 5) is 0. The van der Waals surface area contributed by atoms with E-state index in [0.717, 1.165) is 22.1 Å². The minimum atomic E-state index is -1.33. The molecule has 0 spiro atoms. The molecule has 2 N–H and O–H groups in total. The van der Waals surface area contributed by atoms with Crippen molar-refractivity contribution in [2.75, 3.05) is 7.11 Å². The van der Waals surface area contributed by atoms with Crippen LogP contribution in [0.15, 0.2) is 36.4 Å². The molecule has 2 rings (SSSR count).